The Bertz CT molecular complexity index is 913. The lowest BCUT2D eigenvalue weighted by molar-refractivity contribution is 0.0990. The average molecular weight is 366 g/mol. The van der Waals surface area contributed by atoms with Crippen molar-refractivity contribution in [2.45, 2.75) is 31.4 Å². The fourth-order valence-electron chi connectivity index (χ4n) is 2.84. The fourth-order valence-corrected chi connectivity index (χ4v) is 3.76. The maximum Gasteiger partial charge on any atom is 0.259 e. The molecule has 0 saturated carbocycles. The van der Waals surface area contributed by atoms with E-state index in [0.717, 1.165) is 33.2 Å². The molecule has 0 atom stereocenters. The SMILES string of the molecule is Cc1cc(C)cc(N(C)C(=O)c2ccccc2SCc2cc(C)no2)c1. The maximum atomic E-state index is 13.1. The van der Waals surface area contributed by atoms with Gasteiger partial charge in [-0.1, -0.05) is 23.4 Å². The Morgan fingerprint density at radius 3 is 2.42 bits per heavy atom. The number of aromatic nitrogens is 1. The Morgan fingerprint density at radius 2 is 1.77 bits per heavy atom. The second-order valence-corrected chi connectivity index (χ2v) is 7.45. The number of anilines is 1. The Morgan fingerprint density at radius 1 is 1.08 bits per heavy atom. The molecule has 0 radical (unpaired) electrons. The normalized spacial score (nSPS) is 10.8. The van der Waals surface area contributed by atoms with Crippen LogP contribution in [0.15, 0.2) is 57.9 Å². The molecule has 0 unspecified atom stereocenters. The van der Waals surface area contributed by atoms with Gasteiger partial charge in [-0.2, -0.15) is 0 Å². The van der Waals surface area contributed by atoms with Crippen LogP contribution in [0.4, 0.5) is 5.69 Å². The zero-order valence-corrected chi connectivity index (χ0v) is 16.3. The molecule has 0 N–H and O–H groups in total. The Balaban J connectivity index is 1.82. The molecule has 0 aliphatic heterocycles. The van der Waals surface area contributed by atoms with E-state index in [2.05, 4.69) is 11.2 Å². The minimum Gasteiger partial charge on any atom is -0.360 e. The third kappa shape index (κ3) is 4.17. The van der Waals surface area contributed by atoms with Crippen molar-refractivity contribution in [1.29, 1.82) is 0 Å². The summed E-state index contributed by atoms with van der Waals surface area (Å²) in [7, 11) is 1.82. The van der Waals surface area contributed by atoms with Crippen molar-refractivity contribution < 1.29 is 9.32 Å². The molecular weight excluding hydrogens is 344 g/mol. The molecule has 134 valence electrons. The molecule has 0 aliphatic rings. The smallest absolute Gasteiger partial charge is 0.259 e. The second kappa shape index (κ2) is 7.79. The van der Waals surface area contributed by atoms with E-state index in [1.807, 2.05) is 70.3 Å². The van der Waals surface area contributed by atoms with E-state index in [0.29, 0.717) is 11.3 Å². The van der Waals surface area contributed by atoms with Gasteiger partial charge in [-0.15, -0.1) is 11.8 Å². The van der Waals surface area contributed by atoms with Gasteiger partial charge in [-0.05, 0) is 56.2 Å². The summed E-state index contributed by atoms with van der Waals surface area (Å²) in [4.78, 5) is 15.7. The van der Waals surface area contributed by atoms with Crippen LogP contribution in [0.2, 0.25) is 0 Å². The van der Waals surface area contributed by atoms with Crippen molar-refractivity contribution in [3.8, 4) is 0 Å². The molecule has 0 fully saturated rings. The molecule has 1 aromatic heterocycles. The molecule has 2 aromatic carbocycles. The number of nitrogens with zero attached hydrogens (tertiary/aromatic N) is 2. The first kappa shape index (κ1) is 18.3. The van der Waals surface area contributed by atoms with E-state index in [1.165, 1.54) is 0 Å². The molecule has 0 saturated heterocycles. The van der Waals surface area contributed by atoms with Crippen LogP contribution in [0.25, 0.3) is 0 Å². The van der Waals surface area contributed by atoms with E-state index in [9.17, 15) is 4.79 Å². The predicted molar refractivity (Wildman–Crippen MR) is 106 cm³/mol. The standard InChI is InChI=1S/C21H22N2O2S/c1-14-9-15(2)11-17(10-14)23(4)21(24)19-7-5-6-8-20(19)26-13-18-12-16(3)22-25-18/h5-12H,13H2,1-4H3. The van der Waals surface area contributed by atoms with Crippen LogP contribution in [-0.4, -0.2) is 18.1 Å². The van der Waals surface area contributed by atoms with Crippen molar-refractivity contribution in [1.82, 2.24) is 5.16 Å². The summed E-state index contributed by atoms with van der Waals surface area (Å²) in [5.74, 6) is 1.42. The summed E-state index contributed by atoms with van der Waals surface area (Å²) >= 11 is 1.58. The van der Waals surface area contributed by atoms with Gasteiger partial charge in [0.2, 0.25) is 0 Å². The zero-order valence-electron chi connectivity index (χ0n) is 15.4. The Labute approximate surface area is 158 Å². The Kier molecular flexibility index (Phi) is 5.47. The first-order valence-corrected chi connectivity index (χ1v) is 9.43. The fraction of sp³-hybridized carbons (Fsp3) is 0.238. The van der Waals surface area contributed by atoms with Gasteiger partial charge >= 0.3 is 0 Å². The van der Waals surface area contributed by atoms with E-state index in [-0.39, 0.29) is 5.91 Å². The predicted octanol–water partition coefficient (Wildman–Crippen LogP) is 5.17. The van der Waals surface area contributed by atoms with Gasteiger partial charge < -0.3 is 9.42 Å². The van der Waals surface area contributed by atoms with Crippen molar-refractivity contribution in [3.63, 3.8) is 0 Å². The summed E-state index contributed by atoms with van der Waals surface area (Å²) in [5, 5.41) is 3.91. The number of benzene rings is 2. The number of rotatable bonds is 5. The summed E-state index contributed by atoms with van der Waals surface area (Å²) < 4.78 is 5.26. The van der Waals surface area contributed by atoms with Gasteiger partial charge in [0.05, 0.1) is 17.0 Å². The van der Waals surface area contributed by atoms with Crippen LogP contribution in [0.1, 0.15) is 32.9 Å². The van der Waals surface area contributed by atoms with Crippen LogP contribution in [-0.2, 0) is 5.75 Å². The van der Waals surface area contributed by atoms with Gasteiger partial charge in [-0.3, -0.25) is 4.79 Å². The van der Waals surface area contributed by atoms with Crippen LogP contribution in [0.5, 0.6) is 0 Å². The van der Waals surface area contributed by atoms with Crippen LogP contribution in [0, 0.1) is 20.8 Å². The molecular formula is C21H22N2O2S. The lowest BCUT2D eigenvalue weighted by Gasteiger charge is -2.20. The molecule has 1 amide bonds. The molecule has 0 bridgehead atoms. The van der Waals surface area contributed by atoms with Crippen LogP contribution in [0.3, 0.4) is 0 Å². The molecule has 26 heavy (non-hydrogen) atoms. The van der Waals surface area contributed by atoms with Gasteiger partial charge in [0.15, 0.2) is 0 Å². The van der Waals surface area contributed by atoms with E-state index in [1.54, 1.807) is 16.7 Å². The van der Waals surface area contributed by atoms with Crippen molar-refractivity contribution in [3.05, 3.63) is 76.7 Å². The molecule has 0 spiro atoms. The third-order valence-corrected chi connectivity index (χ3v) is 5.16. The number of hydrogen-bond acceptors (Lipinski definition) is 4. The largest absolute Gasteiger partial charge is 0.360 e. The molecule has 3 aromatic rings. The van der Waals surface area contributed by atoms with Crippen molar-refractivity contribution >= 4 is 23.4 Å². The average Bonchev–Trinajstić information content (AvgIpc) is 3.03. The topological polar surface area (TPSA) is 46.3 Å². The van der Waals surface area contributed by atoms with Crippen LogP contribution >= 0.6 is 11.8 Å². The highest BCUT2D eigenvalue weighted by Crippen LogP contribution is 2.28. The van der Waals surface area contributed by atoms with Crippen LogP contribution < -0.4 is 4.90 Å². The second-order valence-electron chi connectivity index (χ2n) is 6.43. The molecule has 5 heteroatoms. The van der Waals surface area contributed by atoms with Crippen molar-refractivity contribution in [2.24, 2.45) is 0 Å². The molecule has 0 aliphatic carbocycles. The summed E-state index contributed by atoms with van der Waals surface area (Å²) in [6.45, 7) is 5.98. The first-order chi connectivity index (χ1) is 12.4. The van der Waals surface area contributed by atoms with E-state index >= 15 is 0 Å². The number of carbonyl (C=O) groups is 1. The number of aryl methyl sites for hydroxylation is 3. The third-order valence-electron chi connectivity index (χ3n) is 4.06. The molecule has 1 heterocycles. The monoisotopic (exact) mass is 366 g/mol. The van der Waals surface area contributed by atoms with E-state index < -0.39 is 0 Å². The lowest BCUT2D eigenvalue weighted by atomic mass is 10.1. The zero-order chi connectivity index (χ0) is 18.7. The maximum absolute atomic E-state index is 13.1. The first-order valence-electron chi connectivity index (χ1n) is 8.44. The quantitative estimate of drug-likeness (QED) is 0.585. The highest BCUT2D eigenvalue weighted by atomic mass is 32.2. The number of hydrogen-bond donors (Lipinski definition) is 0. The lowest BCUT2D eigenvalue weighted by Crippen LogP contribution is -2.26. The summed E-state index contributed by atoms with van der Waals surface area (Å²) in [6, 6.07) is 15.7. The number of amides is 1. The minimum atomic E-state index is -0.0214. The van der Waals surface area contributed by atoms with E-state index in [4.69, 9.17) is 4.52 Å². The minimum absolute atomic E-state index is 0.0214. The van der Waals surface area contributed by atoms with Gasteiger partial charge in [0.25, 0.3) is 5.91 Å². The Hall–Kier alpha value is -2.53. The highest BCUT2D eigenvalue weighted by Gasteiger charge is 2.18. The number of thioether (sulfide) groups is 1. The van der Waals surface area contributed by atoms with Crippen molar-refractivity contribution in [2.75, 3.05) is 11.9 Å². The summed E-state index contributed by atoms with van der Waals surface area (Å²) in [5.41, 5.74) is 4.74. The van der Waals surface area contributed by atoms with Gasteiger partial charge in [-0.25, -0.2) is 0 Å². The molecule has 4 nitrogen and oxygen atoms in total. The summed E-state index contributed by atoms with van der Waals surface area (Å²) in [6.07, 6.45) is 0. The number of carbonyl (C=O) groups excluding carboxylic acids is 1. The van der Waals surface area contributed by atoms with Gasteiger partial charge in [0, 0.05) is 23.7 Å². The highest BCUT2D eigenvalue weighted by molar-refractivity contribution is 7.98. The van der Waals surface area contributed by atoms with Gasteiger partial charge in [0.1, 0.15) is 5.76 Å². The molecule has 3 rings (SSSR count).